The van der Waals surface area contributed by atoms with Crippen LogP contribution in [-0.2, 0) is 19.3 Å². The van der Waals surface area contributed by atoms with Gasteiger partial charge in [0.2, 0.25) is 0 Å². The standard InChI is InChI=1S/C16H18N2O2/c1-4-12-5-7-15-14(9-12)18-16(20-15)8-6-13-10(2)19-11(3)17-13/h5,7,9H,4,6,8H2,1-3H3. The molecule has 4 heteroatoms. The Bertz CT molecular complexity index is 740. The number of aryl methyl sites for hydroxylation is 5. The predicted molar refractivity (Wildman–Crippen MR) is 76.8 cm³/mol. The highest BCUT2D eigenvalue weighted by molar-refractivity contribution is 5.73. The molecule has 104 valence electrons. The summed E-state index contributed by atoms with van der Waals surface area (Å²) in [5, 5.41) is 0. The zero-order valence-electron chi connectivity index (χ0n) is 12.1. The quantitative estimate of drug-likeness (QED) is 0.724. The van der Waals surface area contributed by atoms with Crippen molar-refractivity contribution in [3.63, 3.8) is 0 Å². The Morgan fingerprint density at radius 3 is 2.60 bits per heavy atom. The first-order chi connectivity index (χ1) is 9.65. The van der Waals surface area contributed by atoms with Gasteiger partial charge in [0.1, 0.15) is 11.3 Å². The topological polar surface area (TPSA) is 52.1 Å². The van der Waals surface area contributed by atoms with E-state index < -0.39 is 0 Å². The highest BCUT2D eigenvalue weighted by atomic mass is 16.4. The number of benzene rings is 1. The van der Waals surface area contributed by atoms with Gasteiger partial charge in [0, 0.05) is 19.8 Å². The second-order valence-electron chi connectivity index (χ2n) is 5.00. The first-order valence-corrected chi connectivity index (χ1v) is 6.97. The molecular weight excluding hydrogens is 252 g/mol. The molecule has 0 saturated heterocycles. The van der Waals surface area contributed by atoms with Crippen molar-refractivity contribution in [2.24, 2.45) is 0 Å². The fourth-order valence-electron chi connectivity index (χ4n) is 2.38. The Morgan fingerprint density at radius 1 is 1.05 bits per heavy atom. The monoisotopic (exact) mass is 270 g/mol. The van der Waals surface area contributed by atoms with Crippen molar-refractivity contribution in [3.8, 4) is 0 Å². The third-order valence-electron chi connectivity index (χ3n) is 3.48. The average Bonchev–Trinajstić information content (AvgIpc) is 2.98. The van der Waals surface area contributed by atoms with Gasteiger partial charge < -0.3 is 8.83 Å². The minimum Gasteiger partial charge on any atom is -0.446 e. The van der Waals surface area contributed by atoms with Crippen LogP contribution in [0, 0.1) is 13.8 Å². The predicted octanol–water partition coefficient (Wildman–Crippen LogP) is 3.78. The zero-order valence-corrected chi connectivity index (χ0v) is 12.1. The van der Waals surface area contributed by atoms with Gasteiger partial charge in [0.15, 0.2) is 17.4 Å². The van der Waals surface area contributed by atoms with Crippen molar-refractivity contribution in [3.05, 3.63) is 47.0 Å². The molecule has 0 aliphatic heterocycles. The summed E-state index contributed by atoms with van der Waals surface area (Å²) < 4.78 is 11.2. The minimum atomic E-state index is 0.711. The van der Waals surface area contributed by atoms with Crippen LogP contribution in [0.1, 0.15) is 35.7 Å². The molecule has 4 nitrogen and oxygen atoms in total. The molecule has 0 aliphatic rings. The third-order valence-corrected chi connectivity index (χ3v) is 3.48. The van der Waals surface area contributed by atoms with Crippen molar-refractivity contribution in [2.45, 2.75) is 40.0 Å². The van der Waals surface area contributed by atoms with Crippen molar-refractivity contribution >= 4 is 11.1 Å². The maximum Gasteiger partial charge on any atom is 0.195 e. The molecule has 0 amide bonds. The zero-order chi connectivity index (χ0) is 14.1. The fraction of sp³-hybridized carbons (Fsp3) is 0.375. The van der Waals surface area contributed by atoms with E-state index in [-0.39, 0.29) is 0 Å². The minimum absolute atomic E-state index is 0.711. The molecule has 3 aromatic rings. The molecule has 3 rings (SSSR count). The fourth-order valence-corrected chi connectivity index (χ4v) is 2.38. The normalized spacial score (nSPS) is 11.3. The lowest BCUT2D eigenvalue weighted by Crippen LogP contribution is -1.93. The Kier molecular flexibility index (Phi) is 3.30. The lowest BCUT2D eigenvalue weighted by atomic mass is 10.1. The molecule has 0 saturated carbocycles. The molecule has 0 fully saturated rings. The number of fused-ring (bicyclic) bond motifs is 1. The van der Waals surface area contributed by atoms with E-state index in [1.54, 1.807) is 0 Å². The summed E-state index contributed by atoms with van der Waals surface area (Å²) in [6.07, 6.45) is 2.54. The van der Waals surface area contributed by atoms with Crippen LogP contribution in [0.3, 0.4) is 0 Å². The van der Waals surface area contributed by atoms with Gasteiger partial charge in [0.25, 0.3) is 0 Å². The number of nitrogens with zero attached hydrogens (tertiary/aromatic N) is 2. The number of rotatable bonds is 4. The van der Waals surface area contributed by atoms with E-state index in [0.29, 0.717) is 5.89 Å². The van der Waals surface area contributed by atoms with Crippen LogP contribution in [0.25, 0.3) is 11.1 Å². The van der Waals surface area contributed by atoms with Crippen molar-refractivity contribution in [1.29, 1.82) is 0 Å². The van der Waals surface area contributed by atoms with Gasteiger partial charge in [-0.2, -0.15) is 0 Å². The van der Waals surface area contributed by atoms with Gasteiger partial charge >= 0.3 is 0 Å². The van der Waals surface area contributed by atoms with Gasteiger partial charge in [0.05, 0.1) is 5.69 Å². The molecule has 0 spiro atoms. The molecule has 0 radical (unpaired) electrons. The SMILES string of the molecule is CCc1ccc2oc(CCc3nc(C)oc3C)nc2c1. The summed E-state index contributed by atoms with van der Waals surface area (Å²) in [5.74, 6) is 2.35. The van der Waals surface area contributed by atoms with Gasteiger partial charge in [-0.3, -0.25) is 0 Å². The molecular formula is C16H18N2O2. The van der Waals surface area contributed by atoms with Crippen LogP contribution in [0.2, 0.25) is 0 Å². The molecule has 20 heavy (non-hydrogen) atoms. The summed E-state index contributed by atoms with van der Waals surface area (Å²) in [4.78, 5) is 8.92. The van der Waals surface area contributed by atoms with Crippen LogP contribution in [-0.4, -0.2) is 9.97 Å². The van der Waals surface area contributed by atoms with E-state index in [0.717, 1.165) is 47.7 Å². The highest BCUT2D eigenvalue weighted by Crippen LogP contribution is 2.19. The van der Waals surface area contributed by atoms with Crippen molar-refractivity contribution in [1.82, 2.24) is 9.97 Å². The van der Waals surface area contributed by atoms with E-state index >= 15 is 0 Å². The molecule has 0 bridgehead atoms. The Labute approximate surface area is 117 Å². The van der Waals surface area contributed by atoms with E-state index in [1.165, 1.54) is 5.56 Å². The molecule has 0 unspecified atom stereocenters. The van der Waals surface area contributed by atoms with Crippen LogP contribution >= 0.6 is 0 Å². The number of hydrogen-bond donors (Lipinski definition) is 0. The van der Waals surface area contributed by atoms with E-state index in [1.807, 2.05) is 19.9 Å². The van der Waals surface area contributed by atoms with Crippen molar-refractivity contribution < 1.29 is 8.83 Å². The van der Waals surface area contributed by atoms with Crippen LogP contribution in [0.4, 0.5) is 0 Å². The molecule has 1 aromatic carbocycles. The maximum atomic E-state index is 5.77. The summed E-state index contributed by atoms with van der Waals surface area (Å²) in [7, 11) is 0. The highest BCUT2D eigenvalue weighted by Gasteiger charge is 2.10. The van der Waals surface area contributed by atoms with Crippen LogP contribution in [0.5, 0.6) is 0 Å². The third kappa shape index (κ3) is 2.46. The van der Waals surface area contributed by atoms with E-state index in [2.05, 4.69) is 29.0 Å². The molecule has 0 atom stereocenters. The lowest BCUT2D eigenvalue weighted by molar-refractivity contribution is 0.491. The molecule has 2 aromatic heterocycles. The Morgan fingerprint density at radius 2 is 1.90 bits per heavy atom. The molecule has 0 aliphatic carbocycles. The Hall–Kier alpha value is -2.10. The molecule has 2 heterocycles. The number of hydrogen-bond acceptors (Lipinski definition) is 4. The van der Waals surface area contributed by atoms with Gasteiger partial charge in [-0.25, -0.2) is 9.97 Å². The maximum absolute atomic E-state index is 5.77. The summed E-state index contributed by atoms with van der Waals surface area (Å²) >= 11 is 0. The summed E-state index contributed by atoms with van der Waals surface area (Å²) in [6, 6.07) is 6.17. The first-order valence-electron chi connectivity index (χ1n) is 6.97. The van der Waals surface area contributed by atoms with Crippen LogP contribution < -0.4 is 0 Å². The largest absolute Gasteiger partial charge is 0.446 e. The van der Waals surface area contributed by atoms with Crippen LogP contribution in [0.15, 0.2) is 27.0 Å². The summed E-state index contributed by atoms with van der Waals surface area (Å²) in [5.41, 5.74) is 4.05. The van der Waals surface area contributed by atoms with E-state index in [9.17, 15) is 0 Å². The second-order valence-corrected chi connectivity index (χ2v) is 5.00. The van der Waals surface area contributed by atoms with Gasteiger partial charge in [-0.1, -0.05) is 13.0 Å². The number of aromatic nitrogens is 2. The van der Waals surface area contributed by atoms with Crippen molar-refractivity contribution in [2.75, 3.05) is 0 Å². The van der Waals surface area contributed by atoms with Gasteiger partial charge in [-0.15, -0.1) is 0 Å². The Balaban J connectivity index is 1.79. The van der Waals surface area contributed by atoms with Gasteiger partial charge in [-0.05, 0) is 31.0 Å². The second kappa shape index (κ2) is 5.12. The number of oxazole rings is 2. The summed E-state index contributed by atoms with van der Waals surface area (Å²) in [6.45, 7) is 5.94. The average molecular weight is 270 g/mol. The molecule has 0 N–H and O–H groups in total. The lowest BCUT2D eigenvalue weighted by Gasteiger charge is -1.93. The smallest absolute Gasteiger partial charge is 0.195 e. The van der Waals surface area contributed by atoms with E-state index in [4.69, 9.17) is 8.83 Å². The first kappa shape index (κ1) is 12.9.